The molecule has 1 heterocycles. The van der Waals surface area contributed by atoms with Gasteiger partial charge in [-0.15, -0.1) is 0 Å². The third kappa shape index (κ3) is 1.40. The summed E-state index contributed by atoms with van der Waals surface area (Å²) in [7, 11) is 0. The van der Waals surface area contributed by atoms with Crippen LogP contribution in [0.2, 0.25) is 0 Å². The first-order valence-corrected chi connectivity index (χ1v) is 4.82. The number of nitriles is 1. The Morgan fingerprint density at radius 1 is 1.40 bits per heavy atom. The van der Waals surface area contributed by atoms with Crippen LogP contribution in [0.25, 0.3) is 10.9 Å². The average Bonchev–Trinajstić information content (AvgIpc) is 2.29. The van der Waals surface area contributed by atoms with Gasteiger partial charge in [-0.05, 0) is 18.6 Å². The van der Waals surface area contributed by atoms with E-state index in [1.807, 2.05) is 25.1 Å². The topological polar surface area (TPSA) is 56.6 Å². The molecule has 0 fully saturated rings. The molecule has 3 nitrogen and oxygen atoms in total. The van der Waals surface area contributed by atoms with Crippen molar-refractivity contribution in [2.75, 3.05) is 0 Å². The highest BCUT2D eigenvalue weighted by atomic mass is 16.1. The van der Waals surface area contributed by atoms with Crippen LogP contribution in [0.5, 0.6) is 0 Å². The fourth-order valence-electron chi connectivity index (χ4n) is 1.67. The molecule has 0 atom stereocenters. The fourth-order valence-corrected chi connectivity index (χ4v) is 1.67. The summed E-state index contributed by atoms with van der Waals surface area (Å²) in [6.45, 7) is 1.92. The summed E-state index contributed by atoms with van der Waals surface area (Å²) in [5, 5.41) is 9.50. The molecule has 1 N–H and O–H groups in total. The summed E-state index contributed by atoms with van der Waals surface area (Å²) in [6, 6.07) is 9.20. The van der Waals surface area contributed by atoms with Gasteiger partial charge in [0.05, 0.1) is 0 Å². The number of aromatic amines is 1. The Kier molecular flexibility index (Phi) is 2.26. The van der Waals surface area contributed by atoms with Gasteiger partial charge in [-0.25, -0.2) is 0 Å². The molecule has 1 aromatic heterocycles. The zero-order valence-electron chi connectivity index (χ0n) is 8.37. The predicted octanol–water partition coefficient (Wildman–Crippen LogP) is 1.96. The second-order valence-corrected chi connectivity index (χ2v) is 3.32. The third-order valence-electron chi connectivity index (χ3n) is 2.45. The molecule has 0 aliphatic rings. The van der Waals surface area contributed by atoms with Gasteiger partial charge in [0.2, 0.25) is 5.43 Å². The molecule has 15 heavy (non-hydrogen) atoms. The number of H-pyrrole nitrogens is 1. The van der Waals surface area contributed by atoms with Crippen LogP contribution in [0, 0.1) is 11.3 Å². The number of para-hydroxylation sites is 1. The first-order valence-electron chi connectivity index (χ1n) is 4.82. The fraction of sp³-hybridized carbons (Fsp3) is 0.167. The molecule has 2 rings (SSSR count). The minimum atomic E-state index is -0.177. The lowest BCUT2D eigenvalue weighted by Crippen LogP contribution is -2.11. The van der Waals surface area contributed by atoms with Gasteiger partial charge in [-0.3, -0.25) is 4.79 Å². The lowest BCUT2D eigenvalue weighted by atomic mass is 10.1. The maximum atomic E-state index is 11.9. The van der Waals surface area contributed by atoms with Gasteiger partial charge >= 0.3 is 0 Å². The van der Waals surface area contributed by atoms with E-state index in [9.17, 15) is 4.79 Å². The van der Waals surface area contributed by atoms with Crippen molar-refractivity contribution in [3.63, 3.8) is 0 Å². The van der Waals surface area contributed by atoms with Gasteiger partial charge in [-0.2, -0.15) is 5.26 Å². The Morgan fingerprint density at radius 3 is 2.80 bits per heavy atom. The molecule has 1 aromatic carbocycles. The summed E-state index contributed by atoms with van der Waals surface area (Å²) < 4.78 is 0. The van der Waals surface area contributed by atoms with E-state index in [0.717, 1.165) is 5.52 Å². The Balaban J connectivity index is 2.96. The van der Waals surface area contributed by atoms with Crippen LogP contribution in [0.3, 0.4) is 0 Å². The van der Waals surface area contributed by atoms with E-state index in [2.05, 4.69) is 4.98 Å². The number of fused-ring (bicyclic) bond motifs is 1. The van der Waals surface area contributed by atoms with Crippen molar-refractivity contribution in [1.29, 1.82) is 5.26 Å². The number of pyridine rings is 1. The average molecular weight is 198 g/mol. The predicted molar refractivity (Wildman–Crippen MR) is 58.7 cm³/mol. The number of hydrogen-bond acceptors (Lipinski definition) is 2. The van der Waals surface area contributed by atoms with Gasteiger partial charge < -0.3 is 4.98 Å². The number of aryl methyl sites for hydroxylation is 1. The number of hydrogen-bond donors (Lipinski definition) is 1. The van der Waals surface area contributed by atoms with E-state index in [1.165, 1.54) is 0 Å². The molecule has 0 saturated heterocycles. The molecule has 0 saturated carbocycles. The quantitative estimate of drug-likeness (QED) is 0.761. The van der Waals surface area contributed by atoms with E-state index in [0.29, 0.717) is 17.5 Å². The van der Waals surface area contributed by atoms with Crippen molar-refractivity contribution in [3.8, 4) is 6.07 Å². The van der Waals surface area contributed by atoms with Gasteiger partial charge in [0.1, 0.15) is 11.6 Å². The minimum absolute atomic E-state index is 0.177. The van der Waals surface area contributed by atoms with E-state index in [4.69, 9.17) is 5.26 Å². The van der Waals surface area contributed by atoms with E-state index >= 15 is 0 Å². The zero-order valence-corrected chi connectivity index (χ0v) is 8.37. The lowest BCUT2D eigenvalue weighted by Gasteiger charge is -2.03. The minimum Gasteiger partial charge on any atom is -0.357 e. The molecule has 2 aromatic rings. The van der Waals surface area contributed by atoms with Crippen molar-refractivity contribution in [2.45, 2.75) is 13.3 Å². The van der Waals surface area contributed by atoms with Crippen LogP contribution in [-0.2, 0) is 6.42 Å². The van der Waals surface area contributed by atoms with Crippen molar-refractivity contribution >= 4 is 10.9 Å². The highest BCUT2D eigenvalue weighted by molar-refractivity contribution is 5.80. The number of benzene rings is 1. The normalized spacial score (nSPS) is 10.1. The molecule has 0 aliphatic carbocycles. The van der Waals surface area contributed by atoms with Crippen molar-refractivity contribution in [1.82, 2.24) is 4.98 Å². The summed E-state index contributed by atoms with van der Waals surface area (Å²) in [4.78, 5) is 15.0. The first-order chi connectivity index (χ1) is 7.27. The van der Waals surface area contributed by atoms with Gasteiger partial charge in [0.15, 0.2) is 0 Å². The smallest absolute Gasteiger partial charge is 0.207 e. The van der Waals surface area contributed by atoms with E-state index in [1.54, 1.807) is 12.1 Å². The maximum absolute atomic E-state index is 11.9. The number of rotatable bonds is 1. The molecular formula is C12H10N2O. The van der Waals surface area contributed by atoms with Gasteiger partial charge in [0, 0.05) is 16.6 Å². The number of nitrogens with one attached hydrogen (secondary N) is 1. The first kappa shape index (κ1) is 9.47. The van der Waals surface area contributed by atoms with Crippen LogP contribution in [0.4, 0.5) is 0 Å². The zero-order chi connectivity index (χ0) is 10.8. The Bertz CT molecular complexity index is 605. The standard InChI is InChI=1S/C12H10N2O/c1-2-10-9(7-13)12(15)8-5-3-4-6-11(8)14-10/h3-6H,2H2,1H3,(H,14,15). The van der Waals surface area contributed by atoms with Crippen LogP contribution in [0.1, 0.15) is 18.2 Å². The molecule has 3 heteroatoms. The van der Waals surface area contributed by atoms with Crippen molar-refractivity contribution in [2.24, 2.45) is 0 Å². The highest BCUT2D eigenvalue weighted by Gasteiger charge is 2.09. The SMILES string of the molecule is CCc1[nH]c2ccccc2c(=O)c1C#N. The monoisotopic (exact) mass is 198 g/mol. The Hall–Kier alpha value is -2.08. The summed E-state index contributed by atoms with van der Waals surface area (Å²) in [5.41, 5.74) is 1.56. The maximum Gasteiger partial charge on any atom is 0.207 e. The number of aromatic nitrogens is 1. The number of nitrogens with zero attached hydrogens (tertiary/aromatic N) is 1. The highest BCUT2D eigenvalue weighted by Crippen LogP contribution is 2.10. The third-order valence-corrected chi connectivity index (χ3v) is 2.45. The van der Waals surface area contributed by atoms with Crippen LogP contribution >= 0.6 is 0 Å². The Labute approximate surface area is 87.0 Å². The van der Waals surface area contributed by atoms with Gasteiger partial charge in [-0.1, -0.05) is 19.1 Å². The molecule has 0 amide bonds. The lowest BCUT2D eigenvalue weighted by molar-refractivity contribution is 1.04. The Morgan fingerprint density at radius 2 is 2.13 bits per heavy atom. The van der Waals surface area contributed by atoms with Crippen LogP contribution in [0.15, 0.2) is 29.1 Å². The molecular weight excluding hydrogens is 188 g/mol. The van der Waals surface area contributed by atoms with Gasteiger partial charge in [0.25, 0.3) is 0 Å². The largest absolute Gasteiger partial charge is 0.357 e. The second kappa shape index (κ2) is 3.58. The molecule has 0 aliphatic heterocycles. The second-order valence-electron chi connectivity index (χ2n) is 3.32. The molecule has 0 unspecified atom stereocenters. The van der Waals surface area contributed by atoms with E-state index in [-0.39, 0.29) is 11.0 Å². The molecule has 0 spiro atoms. The molecule has 0 bridgehead atoms. The summed E-state index contributed by atoms with van der Waals surface area (Å²) in [5.74, 6) is 0. The summed E-state index contributed by atoms with van der Waals surface area (Å²) in [6.07, 6.45) is 0.656. The van der Waals surface area contributed by atoms with Crippen LogP contribution < -0.4 is 5.43 Å². The molecule has 74 valence electrons. The van der Waals surface area contributed by atoms with Crippen LogP contribution in [-0.4, -0.2) is 4.98 Å². The summed E-state index contributed by atoms with van der Waals surface area (Å²) >= 11 is 0. The van der Waals surface area contributed by atoms with Crippen molar-refractivity contribution < 1.29 is 0 Å². The van der Waals surface area contributed by atoms with Crippen molar-refractivity contribution in [3.05, 3.63) is 45.7 Å². The molecule has 0 radical (unpaired) electrons. The van der Waals surface area contributed by atoms with E-state index < -0.39 is 0 Å².